The number of amidine groups is 1. The monoisotopic (exact) mass is 541 g/mol. The van der Waals surface area contributed by atoms with Gasteiger partial charge in [-0.05, 0) is 37.5 Å². The Balaban J connectivity index is 1.39. The number of nitrogens with one attached hydrogen (secondary N) is 1. The molecule has 196 valence electrons. The molecule has 36 heavy (non-hydrogen) atoms. The van der Waals surface area contributed by atoms with Crippen molar-refractivity contribution in [3.8, 4) is 17.2 Å². The van der Waals surface area contributed by atoms with Crippen molar-refractivity contribution in [2.75, 3.05) is 26.3 Å². The Kier molecular flexibility index (Phi) is 8.58. The molecule has 0 aliphatic carbocycles. The molecular formula is C22H28N3O9PS. The second-order valence-corrected chi connectivity index (χ2v) is 11.1. The number of nitrogens with zero attached hydrogens (tertiary/aromatic N) is 1. The van der Waals surface area contributed by atoms with Crippen LogP contribution in [0.3, 0.4) is 0 Å². The third-order valence-electron chi connectivity index (χ3n) is 5.57. The Morgan fingerprint density at radius 2 is 2.17 bits per heavy atom. The van der Waals surface area contributed by atoms with E-state index in [1.54, 1.807) is 18.2 Å². The van der Waals surface area contributed by atoms with Gasteiger partial charge in [-0.1, -0.05) is 6.08 Å². The van der Waals surface area contributed by atoms with Crippen LogP contribution in [-0.2, 0) is 28.2 Å². The van der Waals surface area contributed by atoms with Crippen LogP contribution in [0.4, 0.5) is 0 Å². The molecule has 14 heteroatoms. The first-order valence-electron chi connectivity index (χ1n) is 11.2. The van der Waals surface area contributed by atoms with Gasteiger partial charge in [-0.3, -0.25) is 14.1 Å². The Bertz CT molecular complexity index is 1100. The van der Waals surface area contributed by atoms with E-state index in [2.05, 4.69) is 10.1 Å². The molecule has 5 unspecified atom stereocenters. The molecule has 1 fully saturated rings. The lowest BCUT2D eigenvalue weighted by atomic mass is 9.94. The summed E-state index contributed by atoms with van der Waals surface area (Å²) in [5.74, 6) is 0.986. The van der Waals surface area contributed by atoms with Crippen LogP contribution >= 0.6 is 19.5 Å². The third kappa shape index (κ3) is 6.80. The summed E-state index contributed by atoms with van der Waals surface area (Å²) in [6.07, 6.45) is 4.10. The summed E-state index contributed by atoms with van der Waals surface area (Å²) in [6, 6.07) is 3.72. The maximum absolute atomic E-state index is 13.6. The van der Waals surface area contributed by atoms with Gasteiger partial charge < -0.3 is 29.2 Å². The normalized spacial score (nSPS) is 25.9. The quantitative estimate of drug-likeness (QED) is 0.348. The number of hydrogen-bond acceptors (Lipinski definition) is 11. The molecule has 3 N–H and O–H groups in total. The minimum atomic E-state index is -4.06. The zero-order chi connectivity index (χ0) is 25.7. The van der Waals surface area contributed by atoms with Crippen LogP contribution in [0.15, 0.2) is 35.3 Å². The van der Waals surface area contributed by atoms with Crippen molar-refractivity contribution >= 4 is 37.2 Å². The average molecular weight is 542 g/mol. The van der Waals surface area contributed by atoms with Crippen LogP contribution in [-0.4, -0.2) is 61.6 Å². The summed E-state index contributed by atoms with van der Waals surface area (Å²) >= 11 is 1.48. The predicted molar refractivity (Wildman–Crippen MR) is 131 cm³/mol. The highest BCUT2D eigenvalue weighted by Gasteiger charge is 2.37. The standard InChI is InChI=1S/C22H28N3O9PS/c1-13(22(27)29-2)25-35(28,34-15-6-7-16-17(9-15)31-12-30-16)32-10-21-33-18(11-36-21)14-4-3-5-19(23)24-20(26)8-14/h3,5-7,9,13-14,18,21H,4,8,10-12H2,1-2H3,(H,25,28)(H2,23,24,26). The summed E-state index contributed by atoms with van der Waals surface area (Å²) in [6.45, 7) is 1.46. The molecule has 1 aromatic carbocycles. The van der Waals surface area contributed by atoms with Crippen LogP contribution in [0.25, 0.3) is 0 Å². The molecule has 4 rings (SSSR count). The minimum Gasteiger partial charge on any atom is -0.468 e. The highest BCUT2D eigenvalue weighted by molar-refractivity contribution is 8.00. The molecule has 3 aliphatic heterocycles. The van der Waals surface area contributed by atoms with Crippen LogP contribution in [0.5, 0.6) is 17.2 Å². The van der Waals surface area contributed by atoms with Gasteiger partial charge in [0.25, 0.3) is 0 Å². The number of ether oxygens (including phenoxy) is 4. The fourth-order valence-corrected chi connectivity index (χ4v) is 6.50. The number of allylic oxidation sites excluding steroid dienone is 1. The number of hydrogen-bond donors (Lipinski definition) is 2. The van der Waals surface area contributed by atoms with Gasteiger partial charge in [0, 0.05) is 18.2 Å². The summed E-state index contributed by atoms with van der Waals surface area (Å²) in [4.78, 5) is 27.8. The Morgan fingerprint density at radius 1 is 1.36 bits per heavy atom. The van der Waals surface area contributed by atoms with E-state index in [0.29, 0.717) is 23.7 Å². The average Bonchev–Trinajstić information content (AvgIpc) is 3.49. The van der Waals surface area contributed by atoms with Crippen LogP contribution in [0, 0.1) is 5.92 Å². The maximum atomic E-state index is 13.6. The molecule has 3 heterocycles. The molecule has 0 radical (unpaired) electrons. The van der Waals surface area contributed by atoms with Crippen molar-refractivity contribution < 1.29 is 42.1 Å². The van der Waals surface area contributed by atoms with Gasteiger partial charge in [-0.2, -0.15) is 10.1 Å². The van der Waals surface area contributed by atoms with Crippen LogP contribution < -0.4 is 24.8 Å². The fraction of sp³-hybridized carbons (Fsp3) is 0.500. The van der Waals surface area contributed by atoms with Gasteiger partial charge in [0.1, 0.15) is 23.1 Å². The van der Waals surface area contributed by atoms with E-state index in [0.717, 1.165) is 0 Å². The summed E-state index contributed by atoms with van der Waals surface area (Å²) in [5, 5.41) is 2.60. The number of fused-ring (bicyclic) bond motifs is 1. The van der Waals surface area contributed by atoms with Gasteiger partial charge >= 0.3 is 13.7 Å². The smallest absolute Gasteiger partial charge is 0.459 e. The number of aliphatic imine (C=N–C) groups is 1. The van der Waals surface area contributed by atoms with Crippen molar-refractivity contribution in [3.05, 3.63) is 30.4 Å². The van der Waals surface area contributed by atoms with Crippen molar-refractivity contribution in [1.29, 1.82) is 0 Å². The van der Waals surface area contributed by atoms with Gasteiger partial charge in [-0.25, -0.2) is 4.57 Å². The second-order valence-electron chi connectivity index (χ2n) is 8.24. The highest BCUT2D eigenvalue weighted by Crippen LogP contribution is 2.48. The van der Waals surface area contributed by atoms with Gasteiger partial charge in [0.2, 0.25) is 12.7 Å². The first kappa shape index (κ1) is 26.5. The highest BCUT2D eigenvalue weighted by atomic mass is 32.2. The largest absolute Gasteiger partial charge is 0.468 e. The van der Waals surface area contributed by atoms with Crippen LogP contribution in [0.2, 0.25) is 0 Å². The summed E-state index contributed by atoms with van der Waals surface area (Å²) in [5.41, 5.74) is 5.18. The Labute approximate surface area is 212 Å². The molecule has 1 aromatic rings. The molecule has 1 saturated heterocycles. The lowest BCUT2D eigenvalue weighted by Gasteiger charge is -2.24. The van der Waals surface area contributed by atoms with E-state index < -0.39 is 25.2 Å². The van der Waals surface area contributed by atoms with Gasteiger partial charge in [0.05, 0.1) is 19.8 Å². The van der Waals surface area contributed by atoms with Crippen molar-refractivity contribution in [2.45, 2.75) is 37.3 Å². The zero-order valence-electron chi connectivity index (χ0n) is 19.8. The number of nitrogens with two attached hydrogens (primary N) is 1. The van der Waals surface area contributed by atoms with E-state index in [1.807, 2.05) is 6.08 Å². The van der Waals surface area contributed by atoms with Crippen molar-refractivity contribution in [2.24, 2.45) is 16.6 Å². The van der Waals surface area contributed by atoms with E-state index in [-0.39, 0.29) is 49.3 Å². The summed E-state index contributed by atoms with van der Waals surface area (Å²) < 4.78 is 46.4. The van der Waals surface area contributed by atoms with Gasteiger partial charge in [0.15, 0.2) is 11.5 Å². The maximum Gasteiger partial charge on any atom is 0.459 e. The Hall–Kier alpha value is -2.57. The molecule has 0 aromatic heterocycles. The molecule has 1 amide bonds. The molecule has 0 saturated carbocycles. The number of amides is 1. The van der Waals surface area contributed by atoms with Crippen molar-refractivity contribution in [1.82, 2.24) is 5.09 Å². The number of methoxy groups -OCH3 is 1. The predicted octanol–water partition coefficient (Wildman–Crippen LogP) is 2.38. The SMILES string of the molecule is COC(=O)C(C)NP(=O)(OCC1OC(C2CC=CC(N)=NC(=O)C2)CS1)Oc1ccc2c(c1)OCO2. The zero-order valence-corrected chi connectivity index (χ0v) is 21.5. The van der Waals surface area contributed by atoms with E-state index in [4.69, 9.17) is 33.7 Å². The third-order valence-corrected chi connectivity index (χ3v) is 8.36. The number of thioether (sulfide) groups is 1. The van der Waals surface area contributed by atoms with E-state index in [1.165, 1.54) is 31.9 Å². The minimum absolute atomic E-state index is 0.0720. The number of rotatable bonds is 9. The lowest BCUT2D eigenvalue weighted by molar-refractivity contribution is -0.142. The molecule has 0 spiro atoms. The van der Waals surface area contributed by atoms with Gasteiger partial charge in [-0.15, -0.1) is 11.8 Å². The summed E-state index contributed by atoms with van der Waals surface area (Å²) in [7, 11) is -2.84. The lowest BCUT2D eigenvalue weighted by Crippen LogP contribution is -2.35. The van der Waals surface area contributed by atoms with Crippen molar-refractivity contribution in [3.63, 3.8) is 0 Å². The Morgan fingerprint density at radius 3 is 2.97 bits per heavy atom. The number of esters is 1. The number of carbonyl (C=O) groups excluding carboxylic acids is 2. The molecule has 12 nitrogen and oxygen atoms in total. The molecule has 3 aliphatic rings. The topological polar surface area (TPSA) is 157 Å². The first-order chi connectivity index (χ1) is 17.2. The molecule has 5 atom stereocenters. The van der Waals surface area contributed by atoms with E-state index in [9.17, 15) is 14.2 Å². The second kappa shape index (κ2) is 11.7. The first-order valence-corrected chi connectivity index (χ1v) is 13.8. The number of benzene rings is 1. The molecule has 0 bridgehead atoms. The van der Waals surface area contributed by atoms with E-state index >= 15 is 0 Å². The van der Waals surface area contributed by atoms with Crippen LogP contribution in [0.1, 0.15) is 19.8 Å². The molecular weight excluding hydrogens is 513 g/mol. The fourth-order valence-electron chi connectivity index (χ4n) is 3.78. The number of carbonyl (C=O) groups is 2.